The smallest absolute Gasteiger partial charge is 0.243 e. The maximum atomic E-state index is 13.6. The lowest BCUT2D eigenvalue weighted by molar-refractivity contribution is -0.135. The van der Waals surface area contributed by atoms with Gasteiger partial charge in [0.2, 0.25) is 53.2 Å². The Labute approximate surface area is 371 Å². The highest BCUT2D eigenvalue weighted by Gasteiger charge is 2.32. The summed E-state index contributed by atoms with van der Waals surface area (Å²) in [6, 6.07) is -7.57. The Bertz CT molecular complexity index is 1480. The van der Waals surface area contributed by atoms with Crippen LogP contribution in [-0.2, 0) is 43.2 Å². The number of nitrogens with two attached hydrogens (primary N) is 3. The molecule has 0 unspecified atom stereocenters. The van der Waals surface area contributed by atoms with Crippen molar-refractivity contribution in [3.05, 3.63) is 0 Å². The molecule has 62 heavy (non-hydrogen) atoms. The third-order valence-corrected chi connectivity index (χ3v) is 9.72. The molecule has 0 fully saturated rings. The fraction of sp³-hybridized carbons (Fsp3) is 0.775. The van der Waals surface area contributed by atoms with Gasteiger partial charge in [-0.2, -0.15) is 12.6 Å². The highest BCUT2D eigenvalue weighted by molar-refractivity contribution is 7.80. The van der Waals surface area contributed by atoms with Gasteiger partial charge in [-0.3, -0.25) is 43.2 Å². The normalized spacial score (nSPS) is 14.7. The van der Waals surface area contributed by atoms with Crippen molar-refractivity contribution in [2.45, 2.75) is 143 Å². The Kier molecular flexibility index (Phi) is 28.3. The van der Waals surface area contributed by atoms with Crippen LogP contribution in [0.5, 0.6) is 0 Å². The molecule has 9 amide bonds. The average molecular weight is 902 g/mol. The first-order valence-electron chi connectivity index (χ1n) is 21.3. The molecule has 0 rings (SSSR count). The molecule has 0 aliphatic carbocycles. The summed E-state index contributed by atoms with van der Waals surface area (Å²) in [4.78, 5) is 117. The summed E-state index contributed by atoms with van der Waals surface area (Å²) < 4.78 is 0. The Hall–Kier alpha value is -4.54. The Morgan fingerprint density at radius 2 is 0.952 bits per heavy atom. The Balaban J connectivity index is 5.79. The van der Waals surface area contributed by atoms with Crippen LogP contribution >= 0.6 is 12.6 Å². The van der Waals surface area contributed by atoms with Gasteiger partial charge in [0.25, 0.3) is 0 Å². The van der Waals surface area contributed by atoms with Crippen molar-refractivity contribution in [1.29, 1.82) is 0 Å². The van der Waals surface area contributed by atoms with Crippen molar-refractivity contribution in [2.75, 3.05) is 32.0 Å². The number of carbonyl (C=O) groups excluding carboxylic acids is 9. The van der Waals surface area contributed by atoms with Crippen molar-refractivity contribution < 1.29 is 48.3 Å². The number of rotatable bonds is 31. The maximum absolute atomic E-state index is 13.6. The summed E-state index contributed by atoms with van der Waals surface area (Å²) in [7, 11) is 0. The zero-order chi connectivity index (χ0) is 47.7. The molecule has 21 nitrogen and oxygen atoms in total. The van der Waals surface area contributed by atoms with Crippen LogP contribution in [0.1, 0.15) is 100 Å². The molecule has 0 bridgehead atoms. The van der Waals surface area contributed by atoms with Crippen molar-refractivity contribution in [3.63, 3.8) is 0 Å². The largest absolute Gasteiger partial charge is 0.396 e. The second-order valence-electron chi connectivity index (χ2n) is 17.0. The lowest BCUT2D eigenvalue weighted by Crippen LogP contribution is -2.58. The molecule has 0 aromatic carbocycles. The van der Waals surface area contributed by atoms with Gasteiger partial charge in [-0.05, 0) is 75.2 Å². The number of hydrogen-bond donors (Lipinski definition) is 13. The molecule has 0 heterocycles. The predicted molar refractivity (Wildman–Crippen MR) is 236 cm³/mol. The van der Waals surface area contributed by atoms with E-state index in [1.807, 2.05) is 41.5 Å². The molecule has 7 atom stereocenters. The van der Waals surface area contributed by atoms with Gasteiger partial charge in [0.15, 0.2) is 0 Å². The van der Waals surface area contributed by atoms with E-state index in [-0.39, 0.29) is 62.2 Å². The number of aliphatic hydroxyl groups excluding tert-OH is 1. The first-order valence-corrected chi connectivity index (χ1v) is 21.9. The van der Waals surface area contributed by atoms with E-state index in [0.29, 0.717) is 19.4 Å². The van der Waals surface area contributed by atoms with E-state index in [0.717, 1.165) is 0 Å². The van der Waals surface area contributed by atoms with Crippen LogP contribution in [0.4, 0.5) is 0 Å². The quantitative estimate of drug-likeness (QED) is 0.0248. The van der Waals surface area contributed by atoms with Crippen LogP contribution in [0.3, 0.4) is 0 Å². The molecule has 0 aliphatic rings. The molecule has 0 aromatic heterocycles. The van der Waals surface area contributed by atoms with Crippen LogP contribution in [0.15, 0.2) is 0 Å². The third kappa shape index (κ3) is 23.6. The van der Waals surface area contributed by atoms with E-state index >= 15 is 0 Å². The van der Waals surface area contributed by atoms with Gasteiger partial charge in [-0.1, -0.05) is 55.4 Å². The van der Waals surface area contributed by atoms with Gasteiger partial charge < -0.3 is 64.8 Å². The number of thiol groups is 1. The van der Waals surface area contributed by atoms with E-state index in [4.69, 9.17) is 22.3 Å². The van der Waals surface area contributed by atoms with Crippen LogP contribution in [-0.4, -0.2) is 133 Å². The zero-order valence-corrected chi connectivity index (χ0v) is 38.5. The minimum Gasteiger partial charge on any atom is -0.396 e. The number of nitrogens with one attached hydrogen (secondary N) is 8. The van der Waals surface area contributed by atoms with Crippen molar-refractivity contribution in [1.82, 2.24) is 42.5 Å². The number of carbonyl (C=O) groups is 9. The minimum atomic E-state index is -1.14. The summed E-state index contributed by atoms with van der Waals surface area (Å²) in [6.07, 6.45) is 1.76. The van der Waals surface area contributed by atoms with E-state index in [9.17, 15) is 43.2 Å². The fourth-order valence-electron chi connectivity index (χ4n) is 6.02. The number of amides is 9. The van der Waals surface area contributed by atoms with Crippen molar-refractivity contribution in [3.8, 4) is 0 Å². The second kappa shape index (κ2) is 30.5. The minimum absolute atomic E-state index is 0.00175. The van der Waals surface area contributed by atoms with Gasteiger partial charge in [0, 0.05) is 12.4 Å². The molecule has 0 spiro atoms. The number of unbranched alkanes of at least 4 members (excludes halogenated alkanes) is 1. The van der Waals surface area contributed by atoms with Crippen LogP contribution in [0.25, 0.3) is 0 Å². The zero-order valence-electron chi connectivity index (χ0n) is 37.6. The molecule has 22 heteroatoms. The fourth-order valence-corrected chi connectivity index (χ4v) is 6.29. The Morgan fingerprint density at radius 1 is 0.532 bits per heavy atom. The maximum Gasteiger partial charge on any atom is 0.243 e. The lowest BCUT2D eigenvalue weighted by Gasteiger charge is -2.27. The van der Waals surface area contributed by atoms with Crippen LogP contribution in [0.2, 0.25) is 0 Å². The van der Waals surface area contributed by atoms with Gasteiger partial charge in [-0.15, -0.1) is 0 Å². The standard InChI is InChI=1S/C40H75N11O10S/c1-21(2)15-27(47-35(56)25(42)12-14-52)36(57)45-19-32(54)51-33(24(7)8)40(61)49-28(16-22(3)4)37(58)44-18-31(53)46-26(11-9-10-13-41)38(59)48-29(17-23(5)6)39(60)50-30(20-62)34(43)55/h21-30,33,52,62H,9-20,41-42H2,1-8H3,(H2,43,55)(H,44,58)(H,45,57)(H,46,53)(H,47,56)(H,48,59)(H,49,61)(H,50,60)(H,51,54)/t25-,26-,27-,28-,29-,30-,33-/m0/s1. The monoisotopic (exact) mass is 902 g/mol. The van der Waals surface area contributed by atoms with Gasteiger partial charge >= 0.3 is 0 Å². The average Bonchev–Trinajstić information content (AvgIpc) is 3.17. The van der Waals surface area contributed by atoms with Crippen LogP contribution in [0, 0.1) is 23.7 Å². The summed E-state index contributed by atoms with van der Waals surface area (Å²) in [5, 5.41) is 29.6. The molecule has 0 saturated heterocycles. The topological polar surface area (TPSA) is 348 Å². The van der Waals surface area contributed by atoms with E-state index in [1.54, 1.807) is 13.8 Å². The van der Waals surface area contributed by atoms with E-state index in [2.05, 4.69) is 55.2 Å². The SMILES string of the molecule is CC(C)C[C@H](NC(=O)[C@H](CCCCN)NC(=O)CNC(=O)[C@H](CC(C)C)NC(=O)[C@@H](NC(=O)CNC(=O)[C@H](CC(C)C)NC(=O)[C@@H](N)CCO)C(C)C)C(=O)N[C@@H](CS)C(N)=O. The van der Waals surface area contributed by atoms with Gasteiger partial charge in [0.05, 0.1) is 19.1 Å². The van der Waals surface area contributed by atoms with Crippen LogP contribution < -0.4 is 59.7 Å². The second-order valence-corrected chi connectivity index (χ2v) is 17.3. The van der Waals surface area contributed by atoms with Crippen molar-refractivity contribution >= 4 is 65.8 Å². The number of aliphatic hydroxyl groups is 1. The van der Waals surface area contributed by atoms with Gasteiger partial charge in [0.1, 0.15) is 36.3 Å². The molecule has 0 radical (unpaired) electrons. The highest BCUT2D eigenvalue weighted by Crippen LogP contribution is 2.11. The van der Waals surface area contributed by atoms with E-state index < -0.39 is 114 Å². The molecule has 0 aliphatic heterocycles. The first kappa shape index (κ1) is 57.5. The van der Waals surface area contributed by atoms with Crippen molar-refractivity contribution in [2.24, 2.45) is 40.9 Å². The van der Waals surface area contributed by atoms with Gasteiger partial charge in [-0.25, -0.2) is 0 Å². The third-order valence-electron chi connectivity index (χ3n) is 9.35. The molecular weight excluding hydrogens is 827 g/mol. The molecule has 356 valence electrons. The summed E-state index contributed by atoms with van der Waals surface area (Å²) in [6.45, 7) is 13.3. The summed E-state index contributed by atoms with van der Waals surface area (Å²) >= 11 is 4.05. The number of hydrogen-bond acceptors (Lipinski definition) is 13. The predicted octanol–water partition coefficient (Wildman–Crippen LogP) is -2.82. The molecule has 15 N–H and O–H groups in total. The molecular formula is C40H75N11O10S. The number of primary amides is 1. The molecule has 0 aromatic rings. The van der Waals surface area contributed by atoms with E-state index in [1.165, 1.54) is 0 Å². The Morgan fingerprint density at radius 3 is 1.37 bits per heavy atom. The summed E-state index contributed by atoms with van der Waals surface area (Å²) in [5.74, 6) is -6.92. The highest BCUT2D eigenvalue weighted by atomic mass is 32.1. The summed E-state index contributed by atoms with van der Waals surface area (Å²) in [5.41, 5.74) is 16.8. The first-order chi connectivity index (χ1) is 29.0. The molecule has 0 saturated carbocycles. The lowest BCUT2D eigenvalue weighted by atomic mass is 10.00.